The minimum absolute atomic E-state index is 0.236. The van der Waals surface area contributed by atoms with Gasteiger partial charge in [-0.25, -0.2) is 0 Å². The van der Waals surface area contributed by atoms with Gasteiger partial charge in [0, 0.05) is 38.7 Å². The summed E-state index contributed by atoms with van der Waals surface area (Å²) < 4.78 is 38.8. The number of benzene rings is 1. The summed E-state index contributed by atoms with van der Waals surface area (Å²) in [6.45, 7) is 1.99. The Bertz CT molecular complexity index is 987. The lowest BCUT2D eigenvalue weighted by Crippen LogP contribution is -2.21. The van der Waals surface area contributed by atoms with Gasteiger partial charge in [-0.3, -0.25) is 4.98 Å². The Morgan fingerprint density at radius 3 is 2.56 bits per heavy atom. The average molecular weight is 361 g/mol. The second-order valence-corrected chi connectivity index (χ2v) is 6.76. The molecule has 128 valence electrons. The van der Waals surface area contributed by atoms with Crippen LogP contribution in [0.25, 0.3) is 26.9 Å². The third-order valence-corrected chi connectivity index (χ3v) is 4.83. The van der Waals surface area contributed by atoms with Crippen molar-refractivity contribution in [2.45, 2.75) is 13.1 Å². The summed E-state index contributed by atoms with van der Waals surface area (Å²) in [6, 6.07) is 10.5. The molecule has 0 aliphatic heterocycles. The molecule has 2 heterocycles. The predicted molar refractivity (Wildman–Crippen MR) is 95.7 cm³/mol. The third-order valence-electron chi connectivity index (χ3n) is 3.80. The molecule has 0 radical (unpaired) electrons. The number of fused-ring (bicyclic) bond motifs is 1. The van der Waals surface area contributed by atoms with Crippen LogP contribution in [0.1, 0.15) is 10.4 Å². The molecular formula is C18H14F3N3S. The molecule has 0 aliphatic carbocycles. The first-order chi connectivity index (χ1) is 11.8. The fourth-order valence-electron chi connectivity index (χ4n) is 2.58. The Morgan fingerprint density at radius 1 is 1.20 bits per heavy atom. The van der Waals surface area contributed by atoms with Gasteiger partial charge in [0.1, 0.15) is 5.70 Å². The van der Waals surface area contributed by atoms with Crippen LogP contribution in [-0.4, -0.2) is 17.4 Å². The average Bonchev–Trinajstić information content (AvgIpc) is 3.00. The van der Waals surface area contributed by atoms with E-state index in [1.54, 1.807) is 29.7 Å². The standard InChI is InChI=1S/C18H14F3N3S/c1-10-2-5-16(25-10)12-6-7-24-15-4-3-11(8-13(12)15)14(9-22)17(23)18(19,20)21/h2-9,22H,23H2,1H3. The minimum Gasteiger partial charge on any atom is -0.394 e. The molecule has 0 saturated carbocycles. The van der Waals surface area contributed by atoms with E-state index in [-0.39, 0.29) is 11.1 Å². The van der Waals surface area contributed by atoms with Crippen molar-refractivity contribution in [2.24, 2.45) is 5.73 Å². The van der Waals surface area contributed by atoms with Gasteiger partial charge in [0.15, 0.2) is 0 Å². The number of aromatic nitrogens is 1. The summed E-state index contributed by atoms with van der Waals surface area (Å²) in [7, 11) is 0. The number of nitrogens with one attached hydrogen (secondary N) is 1. The Labute approximate surface area is 146 Å². The van der Waals surface area contributed by atoms with E-state index in [0.717, 1.165) is 20.7 Å². The van der Waals surface area contributed by atoms with Crippen LogP contribution in [0.2, 0.25) is 0 Å². The van der Waals surface area contributed by atoms with Crippen molar-refractivity contribution in [2.75, 3.05) is 0 Å². The Balaban J connectivity index is 2.25. The van der Waals surface area contributed by atoms with Crippen molar-refractivity contribution in [3.63, 3.8) is 0 Å². The number of halogens is 3. The lowest BCUT2D eigenvalue weighted by atomic mass is 9.99. The summed E-state index contributed by atoms with van der Waals surface area (Å²) in [5.41, 5.74) is 5.38. The highest BCUT2D eigenvalue weighted by atomic mass is 32.1. The topological polar surface area (TPSA) is 62.8 Å². The van der Waals surface area contributed by atoms with E-state index in [4.69, 9.17) is 11.1 Å². The quantitative estimate of drug-likeness (QED) is 0.634. The van der Waals surface area contributed by atoms with Crippen LogP contribution in [0, 0.1) is 12.3 Å². The molecule has 25 heavy (non-hydrogen) atoms. The molecule has 0 spiro atoms. The van der Waals surface area contributed by atoms with Crippen molar-refractivity contribution in [1.29, 1.82) is 5.41 Å². The van der Waals surface area contributed by atoms with Gasteiger partial charge in [0.25, 0.3) is 0 Å². The van der Waals surface area contributed by atoms with Crippen molar-refractivity contribution >= 4 is 34.0 Å². The van der Waals surface area contributed by atoms with Crippen molar-refractivity contribution in [3.05, 3.63) is 58.7 Å². The molecule has 0 bridgehead atoms. The number of aryl methyl sites for hydroxylation is 1. The van der Waals surface area contributed by atoms with E-state index in [9.17, 15) is 13.2 Å². The Morgan fingerprint density at radius 2 is 1.96 bits per heavy atom. The Hall–Kier alpha value is -2.67. The molecule has 1 aromatic carbocycles. The van der Waals surface area contributed by atoms with Gasteiger partial charge in [0.05, 0.1) is 5.52 Å². The van der Waals surface area contributed by atoms with Crippen LogP contribution in [0.3, 0.4) is 0 Å². The Kier molecular flexibility index (Phi) is 4.34. The van der Waals surface area contributed by atoms with Crippen molar-refractivity contribution < 1.29 is 13.2 Å². The molecule has 3 N–H and O–H groups in total. The number of nitrogens with zero attached hydrogens (tertiary/aromatic N) is 1. The van der Waals surface area contributed by atoms with Crippen LogP contribution in [0.4, 0.5) is 13.2 Å². The molecule has 7 heteroatoms. The van der Waals surface area contributed by atoms with Gasteiger partial charge in [-0.2, -0.15) is 13.2 Å². The summed E-state index contributed by atoms with van der Waals surface area (Å²) in [5.74, 6) is 0. The number of rotatable bonds is 3. The molecule has 0 saturated heterocycles. The molecule has 2 aromatic heterocycles. The van der Waals surface area contributed by atoms with Gasteiger partial charge >= 0.3 is 6.18 Å². The number of alkyl halides is 3. The van der Waals surface area contributed by atoms with E-state index in [0.29, 0.717) is 11.7 Å². The lowest BCUT2D eigenvalue weighted by Gasteiger charge is -2.12. The highest BCUT2D eigenvalue weighted by Gasteiger charge is 2.34. The first kappa shape index (κ1) is 17.2. The zero-order chi connectivity index (χ0) is 18.2. The van der Waals surface area contributed by atoms with E-state index in [2.05, 4.69) is 4.98 Å². The highest BCUT2D eigenvalue weighted by Crippen LogP contribution is 2.35. The fraction of sp³-hybridized carbons (Fsp3) is 0.111. The third kappa shape index (κ3) is 3.28. The smallest absolute Gasteiger partial charge is 0.394 e. The monoisotopic (exact) mass is 361 g/mol. The maximum Gasteiger partial charge on any atom is 0.431 e. The van der Waals surface area contributed by atoms with Crippen molar-refractivity contribution in [1.82, 2.24) is 4.98 Å². The van der Waals surface area contributed by atoms with Crippen LogP contribution < -0.4 is 5.73 Å². The summed E-state index contributed by atoms with van der Waals surface area (Å²) >= 11 is 1.60. The summed E-state index contributed by atoms with van der Waals surface area (Å²) in [4.78, 5) is 6.41. The van der Waals surface area contributed by atoms with Crippen LogP contribution in [0.15, 0.2) is 48.3 Å². The number of allylic oxidation sites excluding steroid dienone is 2. The SMILES string of the molecule is Cc1ccc(-c2ccnc3ccc(C(C=N)=C(N)C(F)(F)F)cc23)s1. The first-order valence-corrected chi connectivity index (χ1v) is 8.16. The van der Waals surface area contributed by atoms with Gasteiger partial charge in [-0.05, 0) is 42.8 Å². The molecule has 3 aromatic rings. The second-order valence-electron chi connectivity index (χ2n) is 5.47. The fourth-order valence-corrected chi connectivity index (χ4v) is 3.48. The molecule has 0 fully saturated rings. The van der Waals surface area contributed by atoms with E-state index in [1.807, 2.05) is 25.1 Å². The predicted octanol–water partition coefficient (Wildman–Crippen LogP) is 5.15. The molecule has 0 amide bonds. The number of hydrogen-bond donors (Lipinski definition) is 2. The lowest BCUT2D eigenvalue weighted by molar-refractivity contribution is -0.0918. The molecule has 3 nitrogen and oxygen atoms in total. The first-order valence-electron chi connectivity index (χ1n) is 7.34. The zero-order valence-electron chi connectivity index (χ0n) is 13.2. The molecule has 0 atom stereocenters. The van der Waals surface area contributed by atoms with Gasteiger partial charge in [-0.1, -0.05) is 6.07 Å². The summed E-state index contributed by atoms with van der Waals surface area (Å²) in [5, 5.41) is 8.08. The maximum absolute atomic E-state index is 12.9. The maximum atomic E-state index is 12.9. The largest absolute Gasteiger partial charge is 0.431 e. The van der Waals surface area contributed by atoms with Crippen LogP contribution >= 0.6 is 11.3 Å². The van der Waals surface area contributed by atoms with Gasteiger partial charge in [-0.15, -0.1) is 11.3 Å². The molecular weight excluding hydrogens is 347 g/mol. The molecule has 3 rings (SSSR count). The number of nitrogens with two attached hydrogens (primary N) is 1. The van der Waals surface area contributed by atoms with Gasteiger partial charge < -0.3 is 11.1 Å². The number of pyridine rings is 1. The molecule has 0 aliphatic rings. The van der Waals surface area contributed by atoms with E-state index in [1.165, 1.54) is 6.07 Å². The zero-order valence-corrected chi connectivity index (χ0v) is 14.0. The van der Waals surface area contributed by atoms with E-state index >= 15 is 0 Å². The van der Waals surface area contributed by atoms with Crippen LogP contribution in [0.5, 0.6) is 0 Å². The van der Waals surface area contributed by atoms with Gasteiger partial charge in [0.2, 0.25) is 0 Å². The van der Waals surface area contributed by atoms with E-state index < -0.39 is 11.9 Å². The normalized spacial score (nSPS) is 13.0. The number of hydrogen-bond acceptors (Lipinski definition) is 4. The van der Waals surface area contributed by atoms with Crippen LogP contribution in [-0.2, 0) is 0 Å². The highest BCUT2D eigenvalue weighted by molar-refractivity contribution is 7.15. The number of thiophene rings is 1. The van der Waals surface area contributed by atoms with Crippen molar-refractivity contribution in [3.8, 4) is 10.4 Å². The summed E-state index contributed by atoms with van der Waals surface area (Å²) in [6.07, 6.45) is -2.39. The second kappa shape index (κ2) is 6.33. The molecule has 0 unspecified atom stereocenters. The minimum atomic E-state index is -4.69.